The van der Waals surface area contributed by atoms with Crippen LogP contribution in [-0.2, 0) is 11.3 Å². The van der Waals surface area contributed by atoms with E-state index < -0.39 is 0 Å². The monoisotopic (exact) mass is 382 g/mol. The fraction of sp³-hybridized carbons (Fsp3) is 0.200. The first-order chi connectivity index (χ1) is 12.7. The highest BCUT2D eigenvalue weighted by molar-refractivity contribution is 7.18. The summed E-state index contributed by atoms with van der Waals surface area (Å²) in [4.78, 5) is 20.1. The van der Waals surface area contributed by atoms with E-state index in [1.54, 1.807) is 23.0 Å². The molecule has 4 rings (SSSR count). The highest BCUT2D eigenvalue weighted by Crippen LogP contribution is 2.34. The van der Waals surface area contributed by atoms with Crippen molar-refractivity contribution in [3.05, 3.63) is 63.1 Å². The number of rotatable bonds is 5. The molecule has 0 radical (unpaired) electrons. The highest BCUT2D eigenvalue weighted by atomic mass is 32.1. The standard InChI is InChI=1S/C20H18N2O2S2/c1-13-5-3-6-14(11-13)18-21-19-17(20(23)22(18)8-9-24-2)15(12-26-19)16-7-4-10-25-16/h3-7,10-12H,8-9H2,1-2H3. The minimum atomic E-state index is -0.00629. The number of aromatic nitrogens is 2. The van der Waals surface area contributed by atoms with E-state index in [0.29, 0.717) is 24.4 Å². The summed E-state index contributed by atoms with van der Waals surface area (Å²) in [6, 6.07) is 12.1. The van der Waals surface area contributed by atoms with Crippen LogP contribution in [0.15, 0.2) is 52.0 Å². The lowest BCUT2D eigenvalue weighted by Gasteiger charge is -2.13. The fourth-order valence-electron chi connectivity index (χ4n) is 3.03. The summed E-state index contributed by atoms with van der Waals surface area (Å²) in [5.74, 6) is 0.697. The lowest BCUT2D eigenvalue weighted by atomic mass is 10.1. The summed E-state index contributed by atoms with van der Waals surface area (Å²) in [6.45, 7) is 2.98. The van der Waals surface area contributed by atoms with Gasteiger partial charge in [0.15, 0.2) is 0 Å². The number of fused-ring (bicyclic) bond motifs is 1. The molecule has 4 aromatic rings. The first-order valence-electron chi connectivity index (χ1n) is 8.31. The quantitative estimate of drug-likeness (QED) is 0.498. The maximum Gasteiger partial charge on any atom is 0.263 e. The van der Waals surface area contributed by atoms with Crippen LogP contribution in [0.1, 0.15) is 5.56 Å². The van der Waals surface area contributed by atoms with Gasteiger partial charge in [-0.3, -0.25) is 9.36 Å². The smallest absolute Gasteiger partial charge is 0.263 e. The maximum absolute atomic E-state index is 13.4. The summed E-state index contributed by atoms with van der Waals surface area (Å²) >= 11 is 3.16. The molecule has 0 fully saturated rings. The Bertz CT molecular complexity index is 1110. The molecular weight excluding hydrogens is 364 g/mol. The molecule has 26 heavy (non-hydrogen) atoms. The number of aryl methyl sites for hydroxylation is 1. The van der Waals surface area contributed by atoms with E-state index in [2.05, 4.69) is 6.07 Å². The first kappa shape index (κ1) is 17.1. The number of ether oxygens (including phenoxy) is 1. The molecule has 3 heterocycles. The second kappa shape index (κ2) is 7.15. The Kier molecular flexibility index (Phi) is 4.72. The molecule has 6 heteroatoms. The molecule has 0 aliphatic heterocycles. The largest absolute Gasteiger partial charge is 0.383 e. The topological polar surface area (TPSA) is 44.1 Å². The molecule has 0 N–H and O–H groups in total. The van der Waals surface area contributed by atoms with Gasteiger partial charge in [0.2, 0.25) is 0 Å². The van der Waals surface area contributed by atoms with Crippen molar-refractivity contribution in [2.75, 3.05) is 13.7 Å². The second-order valence-electron chi connectivity index (χ2n) is 6.06. The average molecular weight is 383 g/mol. The van der Waals surface area contributed by atoms with Crippen LogP contribution in [0.4, 0.5) is 0 Å². The van der Waals surface area contributed by atoms with Crippen molar-refractivity contribution in [2.45, 2.75) is 13.5 Å². The molecule has 0 aliphatic carbocycles. The minimum Gasteiger partial charge on any atom is -0.383 e. The van der Waals surface area contributed by atoms with Crippen molar-refractivity contribution >= 4 is 32.9 Å². The summed E-state index contributed by atoms with van der Waals surface area (Å²) in [7, 11) is 1.64. The van der Waals surface area contributed by atoms with Gasteiger partial charge in [-0.05, 0) is 24.4 Å². The van der Waals surface area contributed by atoms with Crippen molar-refractivity contribution in [1.82, 2.24) is 9.55 Å². The van der Waals surface area contributed by atoms with Crippen LogP contribution in [-0.4, -0.2) is 23.3 Å². The molecule has 0 amide bonds. The third kappa shape index (κ3) is 3.00. The van der Waals surface area contributed by atoms with Crippen LogP contribution in [0.25, 0.3) is 32.0 Å². The molecule has 0 bridgehead atoms. The van der Waals surface area contributed by atoms with Crippen LogP contribution < -0.4 is 5.56 Å². The van der Waals surface area contributed by atoms with Crippen molar-refractivity contribution in [2.24, 2.45) is 0 Å². The van der Waals surface area contributed by atoms with Gasteiger partial charge < -0.3 is 4.74 Å². The Hall–Kier alpha value is -2.28. The van der Waals surface area contributed by atoms with E-state index in [4.69, 9.17) is 9.72 Å². The molecule has 3 aromatic heterocycles. The van der Waals surface area contributed by atoms with E-state index in [1.807, 2.05) is 48.0 Å². The van der Waals surface area contributed by atoms with Crippen molar-refractivity contribution in [3.8, 4) is 21.8 Å². The fourth-order valence-corrected chi connectivity index (χ4v) is 4.78. The van der Waals surface area contributed by atoms with Gasteiger partial charge in [0.25, 0.3) is 5.56 Å². The number of nitrogens with zero attached hydrogens (tertiary/aromatic N) is 2. The molecule has 0 atom stereocenters. The molecule has 0 spiro atoms. The van der Waals surface area contributed by atoms with Crippen molar-refractivity contribution < 1.29 is 4.74 Å². The lowest BCUT2D eigenvalue weighted by Crippen LogP contribution is -2.25. The SMILES string of the molecule is COCCn1c(-c2cccc(C)c2)nc2scc(-c3cccs3)c2c1=O. The lowest BCUT2D eigenvalue weighted by molar-refractivity contribution is 0.186. The van der Waals surface area contributed by atoms with Crippen LogP contribution >= 0.6 is 22.7 Å². The molecule has 0 unspecified atom stereocenters. The van der Waals surface area contributed by atoms with Gasteiger partial charge in [-0.2, -0.15) is 0 Å². The van der Waals surface area contributed by atoms with Crippen LogP contribution in [0, 0.1) is 6.92 Å². The number of thiophene rings is 2. The Balaban J connectivity index is 1.99. The van der Waals surface area contributed by atoms with E-state index >= 15 is 0 Å². The predicted octanol–water partition coefficient (Wildman–Crippen LogP) is 4.81. The summed E-state index contributed by atoms with van der Waals surface area (Å²) in [6.07, 6.45) is 0. The highest BCUT2D eigenvalue weighted by Gasteiger charge is 2.18. The molecule has 0 aliphatic rings. The third-order valence-electron chi connectivity index (χ3n) is 4.28. The number of hydrogen-bond donors (Lipinski definition) is 0. The zero-order valence-corrected chi connectivity index (χ0v) is 16.2. The van der Waals surface area contributed by atoms with Gasteiger partial charge in [-0.15, -0.1) is 22.7 Å². The molecule has 132 valence electrons. The summed E-state index contributed by atoms with van der Waals surface area (Å²) in [5.41, 5.74) is 3.06. The van der Waals surface area contributed by atoms with Gasteiger partial charge in [0.05, 0.1) is 18.5 Å². The second-order valence-corrected chi connectivity index (χ2v) is 7.87. The van der Waals surface area contributed by atoms with Gasteiger partial charge >= 0.3 is 0 Å². The molecule has 4 nitrogen and oxygen atoms in total. The molecule has 0 saturated carbocycles. The van der Waals surface area contributed by atoms with Crippen molar-refractivity contribution in [3.63, 3.8) is 0 Å². The minimum absolute atomic E-state index is 0.00629. The van der Waals surface area contributed by atoms with Crippen molar-refractivity contribution in [1.29, 1.82) is 0 Å². The number of benzene rings is 1. The van der Waals surface area contributed by atoms with E-state index in [9.17, 15) is 4.79 Å². The molecule has 1 aromatic carbocycles. The normalized spacial score (nSPS) is 11.3. The van der Waals surface area contributed by atoms with Crippen LogP contribution in [0.3, 0.4) is 0 Å². The predicted molar refractivity (Wildman–Crippen MR) is 109 cm³/mol. The zero-order chi connectivity index (χ0) is 18.1. The van der Waals surface area contributed by atoms with Gasteiger partial charge in [0.1, 0.15) is 10.7 Å². The summed E-state index contributed by atoms with van der Waals surface area (Å²) < 4.78 is 6.97. The van der Waals surface area contributed by atoms with E-state index in [1.165, 1.54) is 11.3 Å². The third-order valence-corrected chi connectivity index (χ3v) is 6.05. The first-order valence-corrected chi connectivity index (χ1v) is 10.1. The van der Waals surface area contributed by atoms with E-state index in [0.717, 1.165) is 26.4 Å². The van der Waals surface area contributed by atoms with Gasteiger partial charge in [-0.25, -0.2) is 4.98 Å². The molecular formula is C20H18N2O2S2. The average Bonchev–Trinajstić information content (AvgIpc) is 3.30. The number of methoxy groups -OCH3 is 1. The van der Waals surface area contributed by atoms with Gasteiger partial charge in [-0.1, -0.05) is 29.8 Å². The number of hydrogen-bond acceptors (Lipinski definition) is 5. The summed E-state index contributed by atoms with van der Waals surface area (Å²) in [5, 5.41) is 4.76. The van der Waals surface area contributed by atoms with Crippen LogP contribution in [0.2, 0.25) is 0 Å². The Labute approximate surface area is 159 Å². The molecule has 0 saturated heterocycles. The Morgan fingerprint density at radius 1 is 1.19 bits per heavy atom. The Morgan fingerprint density at radius 2 is 2.08 bits per heavy atom. The Morgan fingerprint density at radius 3 is 2.81 bits per heavy atom. The maximum atomic E-state index is 13.4. The van der Waals surface area contributed by atoms with Crippen LogP contribution in [0.5, 0.6) is 0 Å². The van der Waals surface area contributed by atoms with E-state index in [-0.39, 0.29) is 5.56 Å². The van der Waals surface area contributed by atoms with Gasteiger partial charge in [0, 0.05) is 28.5 Å². The zero-order valence-electron chi connectivity index (χ0n) is 14.6.